The number of rotatable bonds is 14. The highest BCUT2D eigenvalue weighted by Crippen LogP contribution is 2.06. The van der Waals surface area contributed by atoms with Crippen LogP contribution in [0.3, 0.4) is 0 Å². The van der Waals surface area contributed by atoms with E-state index in [2.05, 4.69) is 16.0 Å². The Bertz CT molecular complexity index is 907. The number of amides is 3. The third kappa shape index (κ3) is 10.1. The molecule has 0 bridgehead atoms. The first-order valence-electron chi connectivity index (χ1n) is 10.3. The van der Waals surface area contributed by atoms with Crippen LogP contribution in [0, 0.1) is 0 Å². The summed E-state index contributed by atoms with van der Waals surface area (Å²) in [7, 11) is 0. The highest BCUT2D eigenvalue weighted by atomic mass is 16.4. The number of nitrogens with two attached hydrogens (primary N) is 1. The number of nitrogens with one attached hydrogen (secondary N) is 3. The highest BCUT2D eigenvalue weighted by molar-refractivity contribution is 5.95. The molecule has 1 aromatic rings. The maximum absolute atomic E-state index is 12.9. The molecular formula is C21H28N4O9. The third-order valence-corrected chi connectivity index (χ3v) is 4.66. The van der Waals surface area contributed by atoms with Gasteiger partial charge in [0.2, 0.25) is 17.7 Å². The average Bonchev–Trinajstić information content (AvgIpc) is 2.75. The molecule has 34 heavy (non-hydrogen) atoms. The van der Waals surface area contributed by atoms with Crippen LogP contribution in [-0.2, 0) is 35.2 Å². The van der Waals surface area contributed by atoms with Crippen LogP contribution >= 0.6 is 0 Å². The van der Waals surface area contributed by atoms with Gasteiger partial charge in [0.05, 0.1) is 12.5 Å². The molecule has 186 valence electrons. The molecule has 4 atom stereocenters. The van der Waals surface area contributed by atoms with E-state index in [4.69, 9.17) is 21.1 Å². The smallest absolute Gasteiger partial charge is 0.325 e. The molecule has 0 radical (unpaired) electrons. The van der Waals surface area contributed by atoms with Gasteiger partial charge in [0, 0.05) is 12.8 Å². The molecule has 13 heteroatoms. The molecule has 0 heterocycles. The van der Waals surface area contributed by atoms with Gasteiger partial charge in [-0.3, -0.25) is 28.8 Å². The summed E-state index contributed by atoms with van der Waals surface area (Å²) in [6, 6.07) is 3.07. The van der Waals surface area contributed by atoms with Crippen LogP contribution < -0.4 is 21.7 Å². The molecule has 8 N–H and O–H groups in total. The van der Waals surface area contributed by atoms with Crippen molar-refractivity contribution >= 4 is 35.6 Å². The topological polar surface area (TPSA) is 225 Å². The molecule has 0 aliphatic rings. The van der Waals surface area contributed by atoms with E-state index in [0.29, 0.717) is 5.56 Å². The Morgan fingerprint density at radius 3 is 1.91 bits per heavy atom. The predicted octanol–water partition coefficient (Wildman–Crippen LogP) is -1.55. The van der Waals surface area contributed by atoms with Gasteiger partial charge in [-0.05, 0) is 18.9 Å². The van der Waals surface area contributed by atoms with E-state index in [9.17, 15) is 28.8 Å². The molecule has 4 unspecified atom stereocenters. The molecule has 0 spiro atoms. The quantitative estimate of drug-likeness (QED) is 0.162. The van der Waals surface area contributed by atoms with E-state index in [1.807, 2.05) is 0 Å². The molecule has 0 saturated carbocycles. The Morgan fingerprint density at radius 2 is 1.38 bits per heavy atom. The first-order chi connectivity index (χ1) is 15.9. The second kappa shape index (κ2) is 13.5. The summed E-state index contributed by atoms with van der Waals surface area (Å²) in [6.07, 6.45) is -1.62. The Kier molecular flexibility index (Phi) is 11.2. The summed E-state index contributed by atoms with van der Waals surface area (Å²) in [5.74, 6) is -6.61. The van der Waals surface area contributed by atoms with E-state index in [-0.39, 0.29) is 12.8 Å². The van der Waals surface area contributed by atoms with Crippen molar-refractivity contribution in [1.82, 2.24) is 16.0 Å². The van der Waals surface area contributed by atoms with Gasteiger partial charge in [-0.25, -0.2) is 0 Å². The number of carbonyl (C=O) groups is 6. The van der Waals surface area contributed by atoms with Crippen LogP contribution in [-0.4, -0.2) is 75.1 Å². The number of hydrogen-bond acceptors (Lipinski definition) is 7. The highest BCUT2D eigenvalue weighted by Gasteiger charge is 2.30. The summed E-state index contributed by atoms with van der Waals surface area (Å²) in [4.78, 5) is 70.6. The fourth-order valence-corrected chi connectivity index (χ4v) is 2.80. The lowest BCUT2D eigenvalue weighted by Gasteiger charge is -2.24. The number of hydrogen-bond donors (Lipinski definition) is 7. The van der Waals surface area contributed by atoms with E-state index < -0.39 is 72.6 Å². The lowest BCUT2D eigenvalue weighted by Crippen LogP contribution is -2.57. The van der Waals surface area contributed by atoms with Crippen molar-refractivity contribution in [2.75, 3.05) is 0 Å². The number of carbonyl (C=O) groups excluding carboxylic acids is 3. The van der Waals surface area contributed by atoms with Crippen molar-refractivity contribution in [2.24, 2.45) is 5.73 Å². The van der Waals surface area contributed by atoms with Crippen LogP contribution in [0.2, 0.25) is 0 Å². The largest absolute Gasteiger partial charge is 0.481 e. The second-order valence-corrected chi connectivity index (χ2v) is 7.52. The van der Waals surface area contributed by atoms with Gasteiger partial charge in [0.25, 0.3) is 0 Å². The van der Waals surface area contributed by atoms with Crippen molar-refractivity contribution in [3.63, 3.8) is 0 Å². The van der Waals surface area contributed by atoms with Crippen LogP contribution in [0.15, 0.2) is 30.3 Å². The minimum atomic E-state index is -1.49. The molecule has 0 aliphatic heterocycles. The summed E-state index contributed by atoms with van der Waals surface area (Å²) in [5.41, 5.74) is 6.14. The fraction of sp³-hybridized carbons (Fsp3) is 0.429. The minimum Gasteiger partial charge on any atom is -0.481 e. The lowest BCUT2D eigenvalue weighted by atomic mass is 10.0. The molecule has 0 aliphatic carbocycles. The average molecular weight is 480 g/mol. The first-order valence-corrected chi connectivity index (χ1v) is 10.3. The molecule has 0 fully saturated rings. The van der Waals surface area contributed by atoms with Crippen LogP contribution in [0.1, 0.15) is 31.7 Å². The Hall–Kier alpha value is -4.00. The Balaban J connectivity index is 3.07. The predicted molar refractivity (Wildman–Crippen MR) is 116 cm³/mol. The third-order valence-electron chi connectivity index (χ3n) is 4.66. The summed E-state index contributed by atoms with van der Waals surface area (Å²) >= 11 is 0. The standard InChI is InChI=1S/C21H28N4O9/c1-11(21(33)34)23-20(32)15(9-12-5-3-2-4-6-12)25-19(31)14(7-8-16(26)27)24-18(30)13(22)10-17(28)29/h2-6,11,13-15H,7-10,22H2,1H3,(H,23,32)(H,24,30)(H,25,31)(H,26,27)(H,28,29)(H,33,34). The molecule has 13 nitrogen and oxygen atoms in total. The normalized spacial score (nSPS) is 14.1. The number of benzene rings is 1. The zero-order valence-electron chi connectivity index (χ0n) is 18.4. The van der Waals surface area contributed by atoms with Crippen LogP contribution in [0.5, 0.6) is 0 Å². The Labute approximate surface area is 194 Å². The molecule has 3 amide bonds. The molecule has 1 aromatic carbocycles. The summed E-state index contributed by atoms with van der Waals surface area (Å²) in [5, 5.41) is 33.7. The maximum Gasteiger partial charge on any atom is 0.325 e. The SMILES string of the molecule is CC(NC(=O)C(Cc1ccccc1)NC(=O)C(CCC(=O)O)NC(=O)C(N)CC(=O)O)C(=O)O. The van der Waals surface area contributed by atoms with Gasteiger partial charge >= 0.3 is 17.9 Å². The molecule has 1 rings (SSSR count). The van der Waals surface area contributed by atoms with Crippen LogP contribution in [0.4, 0.5) is 0 Å². The van der Waals surface area contributed by atoms with Gasteiger partial charge in [-0.2, -0.15) is 0 Å². The van der Waals surface area contributed by atoms with E-state index in [1.54, 1.807) is 30.3 Å². The number of carboxylic acid groups (broad SMARTS) is 3. The van der Waals surface area contributed by atoms with Crippen molar-refractivity contribution in [3.8, 4) is 0 Å². The van der Waals surface area contributed by atoms with Gasteiger partial charge in [0.15, 0.2) is 0 Å². The van der Waals surface area contributed by atoms with E-state index in [0.717, 1.165) is 0 Å². The zero-order valence-corrected chi connectivity index (χ0v) is 18.4. The molecule has 0 aromatic heterocycles. The first kappa shape index (κ1) is 28.0. The maximum atomic E-state index is 12.9. The summed E-state index contributed by atoms with van der Waals surface area (Å²) in [6.45, 7) is 1.24. The number of aliphatic carboxylic acids is 3. The Morgan fingerprint density at radius 1 is 0.824 bits per heavy atom. The van der Waals surface area contributed by atoms with Gasteiger partial charge in [-0.15, -0.1) is 0 Å². The minimum absolute atomic E-state index is 0.0249. The van der Waals surface area contributed by atoms with E-state index in [1.165, 1.54) is 6.92 Å². The van der Waals surface area contributed by atoms with Crippen molar-refractivity contribution in [3.05, 3.63) is 35.9 Å². The summed E-state index contributed by atoms with van der Waals surface area (Å²) < 4.78 is 0. The van der Waals surface area contributed by atoms with Crippen molar-refractivity contribution in [2.45, 2.75) is 56.8 Å². The number of carboxylic acids is 3. The van der Waals surface area contributed by atoms with Gasteiger partial charge < -0.3 is 37.0 Å². The van der Waals surface area contributed by atoms with Gasteiger partial charge in [0.1, 0.15) is 18.1 Å². The molecular weight excluding hydrogens is 452 g/mol. The lowest BCUT2D eigenvalue weighted by molar-refractivity contribution is -0.141. The second-order valence-electron chi connectivity index (χ2n) is 7.52. The van der Waals surface area contributed by atoms with Crippen molar-refractivity contribution < 1.29 is 44.1 Å². The zero-order chi connectivity index (χ0) is 25.8. The van der Waals surface area contributed by atoms with Crippen molar-refractivity contribution in [1.29, 1.82) is 0 Å². The van der Waals surface area contributed by atoms with Gasteiger partial charge in [-0.1, -0.05) is 30.3 Å². The fourth-order valence-electron chi connectivity index (χ4n) is 2.80. The molecule has 0 saturated heterocycles. The monoisotopic (exact) mass is 480 g/mol. The van der Waals surface area contributed by atoms with E-state index >= 15 is 0 Å². The van der Waals surface area contributed by atoms with Crippen LogP contribution in [0.25, 0.3) is 0 Å².